The Morgan fingerprint density at radius 3 is 2.40 bits per heavy atom. The van der Waals surface area contributed by atoms with Crippen molar-refractivity contribution in [2.75, 3.05) is 0 Å². The zero-order valence-corrected chi connectivity index (χ0v) is 7.22. The summed E-state index contributed by atoms with van der Waals surface area (Å²) in [5, 5.41) is 0. The molecule has 0 amide bonds. The molecule has 0 aliphatic carbocycles. The van der Waals surface area contributed by atoms with Crippen LogP contribution in [0.1, 0.15) is 0 Å². The van der Waals surface area contributed by atoms with E-state index in [0.717, 1.165) is 12.1 Å². The molecule has 0 N–H and O–H groups in total. The lowest BCUT2D eigenvalue weighted by molar-refractivity contribution is 0.571. The number of hydrogen-bond donors (Lipinski definition) is 1. The fourth-order valence-corrected chi connectivity index (χ4v) is 1.37. The molecule has 0 nitrogen and oxygen atoms in total. The van der Waals surface area contributed by atoms with Crippen molar-refractivity contribution >= 4 is 28.6 Å². The van der Waals surface area contributed by atoms with Crippen molar-refractivity contribution in [3.05, 3.63) is 28.2 Å². The van der Waals surface area contributed by atoms with Crippen LogP contribution >= 0.6 is 28.6 Å². The van der Waals surface area contributed by atoms with Crippen molar-refractivity contribution in [1.82, 2.24) is 0 Å². The van der Waals surface area contributed by atoms with Gasteiger partial charge in [-0.2, -0.15) is 0 Å². The fraction of sp³-hybridized carbons (Fsp3) is 0. The highest BCUT2D eigenvalue weighted by Crippen LogP contribution is 2.22. The molecule has 4 heteroatoms. The molecular formula is C6H3BrF2S. The molecule has 0 aliphatic rings. The van der Waals surface area contributed by atoms with Gasteiger partial charge in [0.1, 0.15) is 5.82 Å². The van der Waals surface area contributed by atoms with Gasteiger partial charge in [0.05, 0.1) is 4.47 Å². The second-order valence-electron chi connectivity index (χ2n) is 1.72. The molecule has 0 unspecified atom stereocenters. The predicted molar refractivity (Wildman–Crippen MR) is 41.3 cm³/mol. The van der Waals surface area contributed by atoms with Gasteiger partial charge < -0.3 is 0 Å². The number of hydrogen-bond acceptors (Lipinski definition) is 1. The molecule has 0 saturated carbocycles. The van der Waals surface area contributed by atoms with Gasteiger partial charge in [-0.25, -0.2) is 8.78 Å². The lowest BCUT2D eigenvalue weighted by Crippen LogP contribution is -1.82. The lowest BCUT2D eigenvalue weighted by atomic mass is 10.3. The first-order valence-electron chi connectivity index (χ1n) is 2.45. The largest absolute Gasteiger partial charge is 0.207 e. The molecule has 10 heavy (non-hydrogen) atoms. The highest BCUT2D eigenvalue weighted by Gasteiger charge is 2.04. The molecule has 1 aromatic rings. The quantitative estimate of drug-likeness (QED) is 0.509. The van der Waals surface area contributed by atoms with Gasteiger partial charge >= 0.3 is 0 Å². The molecule has 0 heterocycles. The van der Waals surface area contributed by atoms with E-state index >= 15 is 0 Å². The van der Waals surface area contributed by atoms with Crippen LogP contribution in [0.3, 0.4) is 0 Å². The van der Waals surface area contributed by atoms with Gasteiger partial charge in [0.15, 0.2) is 5.82 Å². The van der Waals surface area contributed by atoms with Gasteiger partial charge in [-0.15, -0.1) is 12.6 Å². The van der Waals surface area contributed by atoms with Crippen molar-refractivity contribution in [2.45, 2.75) is 4.90 Å². The molecule has 0 saturated heterocycles. The maximum Gasteiger partial charge on any atom is 0.150 e. The Morgan fingerprint density at radius 2 is 1.90 bits per heavy atom. The third kappa shape index (κ3) is 1.49. The van der Waals surface area contributed by atoms with E-state index < -0.39 is 11.6 Å². The second kappa shape index (κ2) is 2.88. The molecule has 1 aromatic carbocycles. The summed E-state index contributed by atoms with van der Waals surface area (Å²) in [7, 11) is 0. The van der Waals surface area contributed by atoms with E-state index in [-0.39, 0.29) is 9.37 Å². The Labute approximate surface area is 70.8 Å². The van der Waals surface area contributed by atoms with Crippen LogP contribution in [0.25, 0.3) is 0 Å². The summed E-state index contributed by atoms with van der Waals surface area (Å²) < 4.78 is 25.1. The van der Waals surface area contributed by atoms with Crippen LogP contribution in [0, 0.1) is 11.6 Å². The molecule has 54 valence electrons. The minimum Gasteiger partial charge on any atom is -0.207 e. The summed E-state index contributed by atoms with van der Waals surface area (Å²) in [4.78, 5) is 0.00637. The van der Waals surface area contributed by atoms with Crippen LogP contribution < -0.4 is 0 Å². The van der Waals surface area contributed by atoms with Crippen molar-refractivity contribution < 1.29 is 8.78 Å². The SMILES string of the molecule is Fc1cc(S)c(F)c(Br)c1. The van der Waals surface area contributed by atoms with Crippen LogP contribution in [0.2, 0.25) is 0 Å². The molecule has 1 rings (SSSR count). The van der Waals surface area contributed by atoms with Crippen molar-refractivity contribution in [3.63, 3.8) is 0 Å². The summed E-state index contributed by atoms with van der Waals surface area (Å²) in [6, 6.07) is 2.07. The summed E-state index contributed by atoms with van der Waals surface area (Å²) in [6.45, 7) is 0. The normalized spacial score (nSPS) is 10.0. The van der Waals surface area contributed by atoms with E-state index in [4.69, 9.17) is 0 Å². The number of halogens is 3. The van der Waals surface area contributed by atoms with Crippen LogP contribution in [0.4, 0.5) is 8.78 Å². The smallest absolute Gasteiger partial charge is 0.150 e. The summed E-state index contributed by atoms with van der Waals surface area (Å²) in [6.07, 6.45) is 0. The van der Waals surface area contributed by atoms with Crippen LogP contribution in [0.15, 0.2) is 21.5 Å². The van der Waals surface area contributed by atoms with Gasteiger partial charge in [-0.1, -0.05) is 0 Å². The Kier molecular flexibility index (Phi) is 2.31. The summed E-state index contributed by atoms with van der Waals surface area (Å²) in [5.74, 6) is -1.04. The first-order chi connectivity index (χ1) is 4.61. The van der Waals surface area contributed by atoms with E-state index in [2.05, 4.69) is 28.6 Å². The first-order valence-corrected chi connectivity index (χ1v) is 3.69. The van der Waals surface area contributed by atoms with Gasteiger partial charge in [-0.05, 0) is 28.1 Å². The van der Waals surface area contributed by atoms with Gasteiger partial charge in [-0.3, -0.25) is 0 Å². The lowest BCUT2D eigenvalue weighted by Gasteiger charge is -1.96. The van der Waals surface area contributed by atoms with Crippen molar-refractivity contribution in [2.24, 2.45) is 0 Å². The van der Waals surface area contributed by atoms with Crippen LogP contribution in [-0.2, 0) is 0 Å². The summed E-state index contributed by atoms with van der Waals surface area (Å²) in [5.41, 5.74) is 0. The minimum absolute atomic E-state index is 0.00637. The molecule has 0 fully saturated rings. The second-order valence-corrected chi connectivity index (χ2v) is 3.06. The Bertz CT molecular complexity index is 239. The highest BCUT2D eigenvalue weighted by atomic mass is 79.9. The minimum atomic E-state index is -0.537. The highest BCUT2D eigenvalue weighted by molar-refractivity contribution is 9.10. The Balaban J connectivity index is 3.31. The van der Waals surface area contributed by atoms with E-state index in [1.807, 2.05) is 0 Å². The van der Waals surface area contributed by atoms with Crippen molar-refractivity contribution in [3.8, 4) is 0 Å². The first kappa shape index (κ1) is 8.01. The molecule has 0 radical (unpaired) electrons. The molecule has 0 spiro atoms. The van der Waals surface area contributed by atoms with Crippen molar-refractivity contribution in [1.29, 1.82) is 0 Å². The van der Waals surface area contributed by atoms with Gasteiger partial charge in [0, 0.05) is 4.90 Å². The third-order valence-corrected chi connectivity index (χ3v) is 1.88. The van der Waals surface area contributed by atoms with E-state index in [1.165, 1.54) is 0 Å². The number of thiol groups is 1. The third-order valence-electron chi connectivity index (χ3n) is 0.974. The number of rotatable bonds is 0. The maximum atomic E-state index is 12.6. The Hall–Kier alpha value is -0.0900. The summed E-state index contributed by atoms with van der Waals surface area (Å²) >= 11 is 6.53. The van der Waals surface area contributed by atoms with E-state index in [1.54, 1.807) is 0 Å². The maximum absolute atomic E-state index is 12.6. The molecular weight excluding hydrogens is 222 g/mol. The molecule has 0 aliphatic heterocycles. The van der Waals surface area contributed by atoms with Gasteiger partial charge in [0.25, 0.3) is 0 Å². The number of benzene rings is 1. The fourth-order valence-electron chi connectivity index (χ4n) is 0.542. The average molecular weight is 225 g/mol. The van der Waals surface area contributed by atoms with E-state index in [0.29, 0.717) is 0 Å². The average Bonchev–Trinajstić information content (AvgIpc) is 1.82. The Morgan fingerprint density at radius 1 is 1.30 bits per heavy atom. The topological polar surface area (TPSA) is 0 Å². The van der Waals surface area contributed by atoms with E-state index in [9.17, 15) is 8.78 Å². The van der Waals surface area contributed by atoms with Gasteiger partial charge in [0.2, 0.25) is 0 Å². The zero-order chi connectivity index (χ0) is 7.72. The molecule has 0 atom stereocenters. The monoisotopic (exact) mass is 224 g/mol. The van der Waals surface area contributed by atoms with Crippen LogP contribution in [0.5, 0.6) is 0 Å². The molecule has 0 aromatic heterocycles. The van der Waals surface area contributed by atoms with Crippen LogP contribution in [-0.4, -0.2) is 0 Å². The molecule has 0 bridgehead atoms. The zero-order valence-electron chi connectivity index (χ0n) is 4.74. The predicted octanol–water partition coefficient (Wildman–Crippen LogP) is 3.02. The standard InChI is InChI=1S/C6H3BrF2S/c7-4-1-3(8)2-5(10)6(4)9/h1-2,10H.